The second-order valence-corrected chi connectivity index (χ2v) is 8.28. The monoisotopic (exact) mass is 318 g/mol. The molecule has 0 aromatic heterocycles. The number of fused-ring (bicyclic) bond motifs is 3. The molecule has 0 radical (unpaired) electrons. The Hall–Kier alpha value is -1.12. The molecule has 0 spiro atoms. The third-order valence-electron chi connectivity index (χ3n) is 7.33. The number of carbonyl (C=O) groups is 2. The highest BCUT2D eigenvalue weighted by Crippen LogP contribution is 2.57. The number of carbonyl (C=O) groups excluding carboxylic acids is 2. The van der Waals surface area contributed by atoms with Gasteiger partial charge in [0.15, 0.2) is 5.78 Å². The number of rotatable bonds is 2. The highest BCUT2D eigenvalue weighted by atomic mass is 16.5. The molecule has 6 atom stereocenters. The highest BCUT2D eigenvalue weighted by Gasteiger charge is 2.51. The summed E-state index contributed by atoms with van der Waals surface area (Å²) in [5, 5.41) is 0. The Kier molecular flexibility index (Phi) is 4.41. The van der Waals surface area contributed by atoms with E-state index in [1.165, 1.54) is 25.3 Å². The van der Waals surface area contributed by atoms with Gasteiger partial charge in [0.25, 0.3) is 0 Å². The molecule has 0 aromatic carbocycles. The Morgan fingerprint density at radius 1 is 1.26 bits per heavy atom. The number of hydrogen-bond donors (Lipinski definition) is 0. The van der Waals surface area contributed by atoms with E-state index in [1.807, 2.05) is 6.08 Å². The molecule has 3 rings (SSSR count). The number of hydrogen-bond acceptors (Lipinski definition) is 3. The van der Waals surface area contributed by atoms with Gasteiger partial charge in [0.05, 0.1) is 0 Å². The van der Waals surface area contributed by atoms with Crippen molar-refractivity contribution in [2.24, 2.45) is 29.1 Å². The van der Waals surface area contributed by atoms with E-state index < -0.39 is 0 Å². The zero-order chi connectivity index (χ0) is 16.8. The fourth-order valence-electron chi connectivity index (χ4n) is 5.65. The Morgan fingerprint density at radius 3 is 2.70 bits per heavy atom. The van der Waals surface area contributed by atoms with Crippen molar-refractivity contribution in [3.8, 4) is 0 Å². The van der Waals surface area contributed by atoms with Gasteiger partial charge in [-0.05, 0) is 68.8 Å². The number of ether oxygens (including phenoxy) is 1. The predicted molar refractivity (Wildman–Crippen MR) is 89.8 cm³/mol. The van der Waals surface area contributed by atoms with Crippen molar-refractivity contribution in [1.29, 1.82) is 0 Å². The molecule has 0 aromatic rings. The summed E-state index contributed by atoms with van der Waals surface area (Å²) < 4.78 is 5.57. The van der Waals surface area contributed by atoms with Gasteiger partial charge in [-0.3, -0.25) is 9.59 Å². The van der Waals surface area contributed by atoms with Crippen LogP contribution < -0.4 is 0 Å². The minimum Gasteiger partial charge on any atom is -0.462 e. The van der Waals surface area contributed by atoms with E-state index in [9.17, 15) is 9.59 Å². The van der Waals surface area contributed by atoms with E-state index in [-0.39, 0.29) is 17.5 Å². The first-order valence-corrected chi connectivity index (χ1v) is 9.23. The fourth-order valence-corrected chi connectivity index (χ4v) is 5.65. The van der Waals surface area contributed by atoms with E-state index in [0.717, 1.165) is 31.6 Å². The van der Waals surface area contributed by atoms with Gasteiger partial charge in [-0.25, -0.2) is 0 Å². The molecule has 0 N–H and O–H groups in total. The normalized spacial score (nSPS) is 41.4. The van der Waals surface area contributed by atoms with Crippen molar-refractivity contribution >= 4 is 11.8 Å². The Morgan fingerprint density at radius 2 is 2.00 bits per heavy atom. The van der Waals surface area contributed by atoms with Gasteiger partial charge in [0.2, 0.25) is 0 Å². The quantitative estimate of drug-likeness (QED) is 0.713. The molecule has 2 saturated carbocycles. The number of allylic oxidation sites excluding steroid dienone is 2. The Bertz CT molecular complexity index is 535. The van der Waals surface area contributed by atoms with E-state index in [1.54, 1.807) is 0 Å². The van der Waals surface area contributed by atoms with Crippen LogP contribution in [0.5, 0.6) is 0 Å². The second-order valence-electron chi connectivity index (χ2n) is 8.28. The minimum absolute atomic E-state index is 0.0270. The smallest absolute Gasteiger partial charge is 0.302 e. The molecule has 0 aliphatic heterocycles. The van der Waals surface area contributed by atoms with Crippen molar-refractivity contribution in [1.82, 2.24) is 0 Å². The third kappa shape index (κ3) is 2.88. The summed E-state index contributed by atoms with van der Waals surface area (Å²) in [6.07, 6.45) is 8.28. The average Bonchev–Trinajstić information content (AvgIpc) is 2.49. The summed E-state index contributed by atoms with van der Waals surface area (Å²) in [5.74, 6) is 2.75. The Labute approximate surface area is 139 Å². The first-order valence-electron chi connectivity index (χ1n) is 9.23. The standard InChI is InChI=1S/C20H30O3/c1-12-17-7-5-15-11-16(22)6-8-18(15)19(17)9-10-20(12,4)13(2)23-14(3)21/h11-13,17-19H,5-10H2,1-4H3/t12-,13?,17-,18-,19-,20-/m0/s1. The number of esters is 1. The third-order valence-corrected chi connectivity index (χ3v) is 7.33. The van der Waals surface area contributed by atoms with Crippen LogP contribution in [-0.4, -0.2) is 17.9 Å². The summed E-state index contributed by atoms with van der Waals surface area (Å²) >= 11 is 0. The largest absolute Gasteiger partial charge is 0.462 e. The summed E-state index contributed by atoms with van der Waals surface area (Å²) in [7, 11) is 0. The van der Waals surface area contributed by atoms with Crippen molar-refractivity contribution in [3.05, 3.63) is 11.6 Å². The van der Waals surface area contributed by atoms with Crippen LogP contribution in [0.15, 0.2) is 11.6 Å². The predicted octanol–water partition coefficient (Wildman–Crippen LogP) is 4.31. The fraction of sp³-hybridized carbons (Fsp3) is 0.800. The lowest BCUT2D eigenvalue weighted by Gasteiger charge is -2.55. The molecule has 3 nitrogen and oxygen atoms in total. The van der Waals surface area contributed by atoms with Gasteiger partial charge < -0.3 is 4.74 Å². The van der Waals surface area contributed by atoms with Crippen LogP contribution in [0, 0.1) is 29.1 Å². The average molecular weight is 318 g/mol. The maximum absolute atomic E-state index is 11.7. The maximum atomic E-state index is 11.7. The topological polar surface area (TPSA) is 43.4 Å². The molecule has 0 saturated heterocycles. The molecule has 23 heavy (non-hydrogen) atoms. The molecular weight excluding hydrogens is 288 g/mol. The van der Waals surface area contributed by atoms with Crippen molar-refractivity contribution in [3.63, 3.8) is 0 Å². The van der Waals surface area contributed by atoms with Gasteiger partial charge in [0.1, 0.15) is 6.10 Å². The Balaban J connectivity index is 1.79. The van der Waals surface area contributed by atoms with Crippen LogP contribution in [-0.2, 0) is 14.3 Å². The molecular formula is C20H30O3. The number of ketones is 1. The van der Waals surface area contributed by atoms with Gasteiger partial charge in [-0.1, -0.05) is 19.4 Å². The molecule has 0 heterocycles. The molecule has 1 unspecified atom stereocenters. The summed E-state index contributed by atoms with van der Waals surface area (Å²) in [6.45, 7) is 8.23. The van der Waals surface area contributed by atoms with Crippen molar-refractivity contribution < 1.29 is 14.3 Å². The molecule has 2 fully saturated rings. The van der Waals surface area contributed by atoms with E-state index in [0.29, 0.717) is 23.5 Å². The minimum atomic E-state index is -0.173. The summed E-state index contributed by atoms with van der Waals surface area (Å²) in [4.78, 5) is 23.1. The van der Waals surface area contributed by atoms with Crippen LogP contribution in [0.3, 0.4) is 0 Å². The molecule has 3 aliphatic carbocycles. The van der Waals surface area contributed by atoms with Gasteiger partial charge in [-0.15, -0.1) is 0 Å². The van der Waals surface area contributed by atoms with Crippen LogP contribution >= 0.6 is 0 Å². The lowest BCUT2D eigenvalue weighted by atomic mass is 9.51. The van der Waals surface area contributed by atoms with Crippen LogP contribution in [0.4, 0.5) is 0 Å². The maximum Gasteiger partial charge on any atom is 0.302 e. The lowest BCUT2D eigenvalue weighted by molar-refractivity contribution is -0.160. The second kappa shape index (κ2) is 6.07. The zero-order valence-corrected chi connectivity index (χ0v) is 14.9. The first-order chi connectivity index (χ1) is 10.8. The van der Waals surface area contributed by atoms with Crippen LogP contribution in [0.1, 0.15) is 66.2 Å². The molecule has 0 bridgehead atoms. The van der Waals surface area contributed by atoms with E-state index in [4.69, 9.17) is 4.74 Å². The van der Waals surface area contributed by atoms with Gasteiger partial charge in [-0.2, -0.15) is 0 Å². The van der Waals surface area contributed by atoms with Crippen LogP contribution in [0.25, 0.3) is 0 Å². The lowest BCUT2D eigenvalue weighted by Crippen LogP contribution is -2.50. The summed E-state index contributed by atoms with van der Waals surface area (Å²) in [5.41, 5.74) is 1.49. The first kappa shape index (κ1) is 16.7. The van der Waals surface area contributed by atoms with Crippen molar-refractivity contribution in [2.75, 3.05) is 0 Å². The van der Waals surface area contributed by atoms with E-state index >= 15 is 0 Å². The molecule has 0 amide bonds. The van der Waals surface area contributed by atoms with Gasteiger partial charge in [0, 0.05) is 18.8 Å². The van der Waals surface area contributed by atoms with Crippen LogP contribution in [0.2, 0.25) is 0 Å². The van der Waals surface area contributed by atoms with Crippen molar-refractivity contribution in [2.45, 2.75) is 72.3 Å². The SMILES string of the molecule is CC(=O)OC(C)[C@@]1(C)CC[C@H]2[C@@H](CCC3=CC(=O)CC[C@@H]32)[C@@H]1C. The van der Waals surface area contributed by atoms with Gasteiger partial charge >= 0.3 is 5.97 Å². The molecule has 3 aliphatic rings. The molecule has 3 heteroatoms. The van der Waals surface area contributed by atoms with E-state index in [2.05, 4.69) is 20.8 Å². The summed E-state index contributed by atoms with van der Waals surface area (Å²) in [6, 6.07) is 0. The molecule has 128 valence electrons. The highest BCUT2D eigenvalue weighted by molar-refractivity contribution is 5.91. The zero-order valence-electron chi connectivity index (χ0n) is 14.9.